The van der Waals surface area contributed by atoms with E-state index in [0.717, 1.165) is 11.1 Å². The molecule has 0 saturated heterocycles. The summed E-state index contributed by atoms with van der Waals surface area (Å²) >= 11 is 0. The van der Waals surface area contributed by atoms with Crippen LogP contribution in [0.15, 0.2) is 115 Å². The standard InChI is InChI=1S/C32H27NO4/c1-37-32(36)29(23-16-9-4-10-17-23)33-31(35)25-19-11-18-24(20-25)30(34)28-26(21-12-5-2-6-13-21)27(28)22-14-7-3-8-15-22/h2-20,26-29H,1H3,(H,33,35)/t26-,27-,29+/m1/s1. The number of Topliss-reactive ketones (excluding diaryl/α,β-unsaturated/α-hetero) is 1. The van der Waals surface area contributed by atoms with Gasteiger partial charge < -0.3 is 10.1 Å². The summed E-state index contributed by atoms with van der Waals surface area (Å²) in [6.45, 7) is 0. The molecular weight excluding hydrogens is 462 g/mol. The summed E-state index contributed by atoms with van der Waals surface area (Å²) < 4.78 is 4.91. The van der Waals surface area contributed by atoms with Gasteiger partial charge in [-0.1, -0.05) is 103 Å². The van der Waals surface area contributed by atoms with Crippen molar-refractivity contribution in [3.8, 4) is 0 Å². The Kier molecular flexibility index (Phi) is 6.95. The molecule has 5 heteroatoms. The molecule has 5 rings (SSSR count). The first-order valence-corrected chi connectivity index (χ1v) is 12.3. The fraction of sp³-hybridized carbons (Fsp3) is 0.156. The zero-order valence-corrected chi connectivity index (χ0v) is 20.4. The first-order valence-electron chi connectivity index (χ1n) is 12.3. The van der Waals surface area contributed by atoms with Crippen LogP contribution in [0.2, 0.25) is 0 Å². The van der Waals surface area contributed by atoms with Crippen LogP contribution in [-0.2, 0) is 9.53 Å². The average Bonchev–Trinajstić information content (AvgIpc) is 3.72. The summed E-state index contributed by atoms with van der Waals surface area (Å²) in [5.41, 5.74) is 3.67. The second-order valence-corrected chi connectivity index (χ2v) is 9.18. The van der Waals surface area contributed by atoms with Gasteiger partial charge in [0.1, 0.15) is 0 Å². The number of hydrogen-bond acceptors (Lipinski definition) is 4. The van der Waals surface area contributed by atoms with Crippen LogP contribution in [0.25, 0.3) is 0 Å². The quantitative estimate of drug-likeness (QED) is 0.254. The number of carbonyl (C=O) groups is 3. The van der Waals surface area contributed by atoms with Crippen molar-refractivity contribution in [1.29, 1.82) is 0 Å². The molecule has 1 N–H and O–H groups in total. The number of ether oxygens (including phenoxy) is 1. The Labute approximate surface area is 216 Å². The Balaban J connectivity index is 1.40. The Bertz CT molecular complexity index is 1360. The minimum atomic E-state index is -0.952. The number of hydrogen-bond donors (Lipinski definition) is 1. The SMILES string of the molecule is COC(=O)[C@@H](NC(=O)c1cccc(C(=O)C2[C@H](c3ccccc3)[C@H]2c2ccccc2)c1)c1ccccc1. The number of carbonyl (C=O) groups excluding carboxylic acids is 3. The predicted octanol–water partition coefficient (Wildman–Crippen LogP) is 5.71. The van der Waals surface area contributed by atoms with Crippen molar-refractivity contribution in [2.24, 2.45) is 5.92 Å². The van der Waals surface area contributed by atoms with Crippen LogP contribution in [0.4, 0.5) is 0 Å². The highest BCUT2D eigenvalue weighted by Crippen LogP contribution is 2.61. The van der Waals surface area contributed by atoms with E-state index in [1.807, 2.05) is 42.5 Å². The van der Waals surface area contributed by atoms with E-state index < -0.39 is 17.9 Å². The Hall–Kier alpha value is -4.51. The lowest BCUT2D eigenvalue weighted by atomic mass is 10.00. The van der Waals surface area contributed by atoms with Crippen molar-refractivity contribution >= 4 is 17.7 Å². The monoisotopic (exact) mass is 489 g/mol. The molecule has 4 aromatic rings. The molecule has 4 aromatic carbocycles. The summed E-state index contributed by atoms with van der Waals surface area (Å²) in [6.07, 6.45) is 0. The third-order valence-electron chi connectivity index (χ3n) is 6.95. The largest absolute Gasteiger partial charge is 0.467 e. The van der Waals surface area contributed by atoms with E-state index in [1.165, 1.54) is 7.11 Å². The predicted molar refractivity (Wildman–Crippen MR) is 141 cm³/mol. The van der Waals surface area contributed by atoms with Crippen molar-refractivity contribution in [2.75, 3.05) is 7.11 Å². The summed E-state index contributed by atoms with van der Waals surface area (Å²) in [7, 11) is 1.28. The number of amides is 1. The molecule has 0 heterocycles. The molecule has 1 amide bonds. The first-order chi connectivity index (χ1) is 18.1. The maximum absolute atomic E-state index is 13.7. The van der Waals surface area contributed by atoms with E-state index in [4.69, 9.17) is 4.74 Å². The molecule has 37 heavy (non-hydrogen) atoms. The second kappa shape index (κ2) is 10.6. The fourth-order valence-electron chi connectivity index (χ4n) is 5.08. The van der Waals surface area contributed by atoms with Gasteiger partial charge in [-0.25, -0.2) is 4.79 Å². The van der Waals surface area contributed by atoms with E-state index in [2.05, 4.69) is 29.6 Å². The van der Waals surface area contributed by atoms with Crippen LogP contribution in [0.3, 0.4) is 0 Å². The van der Waals surface area contributed by atoms with Gasteiger partial charge >= 0.3 is 5.97 Å². The van der Waals surface area contributed by atoms with Gasteiger partial charge in [0.15, 0.2) is 11.8 Å². The van der Waals surface area contributed by atoms with Gasteiger partial charge in [-0.15, -0.1) is 0 Å². The van der Waals surface area contributed by atoms with Gasteiger partial charge in [-0.2, -0.15) is 0 Å². The highest BCUT2D eigenvalue weighted by atomic mass is 16.5. The van der Waals surface area contributed by atoms with E-state index in [1.54, 1.807) is 48.5 Å². The second-order valence-electron chi connectivity index (χ2n) is 9.18. The smallest absolute Gasteiger partial charge is 0.333 e. The van der Waals surface area contributed by atoms with Gasteiger partial charge in [-0.05, 0) is 28.8 Å². The van der Waals surface area contributed by atoms with Gasteiger partial charge in [-0.3, -0.25) is 9.59 Å². The van der Waals surface area contributed by atoms with Crippen molar-refractivity contribution in [1.82, 2.24) is 5.32 Å². The summed E-state index contributed by atoms with van der Waals surface area (Å²) in [5.74, 6) is -1.07. The molecule has 1 aliphatic carbocycles. The molecule has 0 radical (unpaired) electrons. The van der Waals surface area contributed by atoms with Gasteiger partial charge in [0.2, 0.25) is 0 Å². The number of nitrogens with one attached hydrogen (secondary N) is 1. The third kappa shape index (κ3) is 5.07. The molecule has 0 spiro atoms. The van der Waals surface area contributed by atoms with Crippen LogP contribution in [0, 0.1) is 5.92 Å². The number of methoxy groups -OCH3 is 1. The highest BCUT2D eigenvalue weighted by Gasteiger charge is 2.55. The molecule has 184 valence electrons. The van der Waals surface area contributed by atoms with Crippen LogP contribution < -0.4 is 5.32 Å². The maximum Gasteiger partial charge on any atom is 0.333 e. The van der Waals surface area contributed by atoms with Crippen LogP contribution in [0.1, 0.15) is 55.3 Å². The van der Waals surface area contributed by atoms with Crippen LogP contribution in [0.5, 0.6) is 0 Å². The molecule has 1 saturated carbocycles. The zero-order valence-electron chi connectivity index (χ0n) is 20.4. The van der Waals surface area contributed by atoms with Crippen molar-refractivity contribution < 1.29 is 19.1 Å². The average molecular weight is 490 g/mol. The molecule has 0 bridgehead atoms. The topological polar surface area (TPSA) is 72.5 Å². The van der Waals surface area contributed by atoms with Crippen LogP contribution >= 0.6 is 0 Å². The highest BCUT2D eigenvalue weighted by molar-refractivity contribution is 6.04. The normalized spacial score (nSPS) is 18.9. The van der Waals surface area contributed by atoms with E-state index in [-0.39, 0.29) is 23.5 Å². The molecule has 3 atom stereocenters. The number of rotatable bonds is 8. The van der Waals surface area contributed by atoms with Crippen molar-refractivity contribution in [2.45, 2.75) is 17.9 Å². The molecule has 1 aliphatic rings. The molecule has 0 aliphatic heterocycles. The molecule has 0 unspecified atom stereocenters. The third-order valence-corrected chi connectivity index (χ3v) is 6.95. The minimum Gasteiger partial charge on any atom is -0.467 e. The lowest BCUT2D eigenvalue weighted by Crippen LogP contribution is -2.34. The molecular formula is C32H27NO4. The van der Waals surface area contributed by atoms with E-state index in [9.17, 15) is 14.4 Å². The van der Waals surface area contributed by atoms with Crippen molar-refractivity contribution in [3.63, 3.8) is 0 Å². The minimum absolute atomic E-state index is 0.00457. The van der Waals surface area contributed by atoms with E-state index in [0.29, 0.717) is 16.7 Å². The summed E-state index contributed by atoms with van der Waals surface area (Å²) in [5, 5.41) is 2.76. The molecule has 1 fully saturated rings. The Morgan fingerprint density at radius 3 is 1.73 bits per heavy atom. The van der Waals surface area contributed by atoms with Gasteiger partial charge in [0.05, 0.1) is 7.11 Å². The van der Waals surface area contributed by atoms with Gasteiger partial charge in [0.25, 0.3) is 5.91 Å². The fourth-order valence-corrected chi connectivity index (χ4v) is 5.08. The van der Waals surface area contributed by atoms with E-state index >= 15 is 0 Å². The summed E-state index contributed by atoms with van der Waals surface area (Å²) in [6, 6.07) is 34.8. The zero-order chi connectivity index (χ0) is 25.8. The molecule has 5 nitrogen and oxygen atoms in total. The number of ketones is 1. The van der Waals surface area contributed by atoms with Gasteiger partial charge in [0, 0.05) is 28.9 Å². The Morgan fingerprint density at radius 1 is 0.676 bits per heavy atom. The lowest BCUT2D eigenvalue weighted by molar-refractivity contribution is -0.143. The molecule has 0 aromatic heterocycles. The number of benzene rings is 4. The number of esters is 1. The lowest BCUT2D eigenvalue weighted by Gasteiger charge is -2.17. The van der Waals surface area contributed by atoms with Crippen molar-refractivity contribution in [3.05, 3.63) is 143 Å². The first kappa shape index (κ1) is 24.2. The van der Waals surface area contributed by atoms with Crippen LogP contribution in [-0.4, -0.2) is 24.8 Å². The summed E-state index contributed by atoms with van der Waals surface area (Å²) in [4.78, 5) is 39.3. The maximum atomic E-state index is 13.7. The Morgan fingerprint density at radius 2 is 1.19 bits per heavy atom.